The van der Waals surface area contributed by atoms with Crippen LogP contribution in [0.25, 0.3) is 0 Å². The smallest absolute Gasteiger partial charge is 0.249 e. The first-order valence-corrected chi connectivity index (χ1v) is 7.26. The molecule has 0 aliphatic heterocycles. The van der Waals surface area contributed by atoms with Crippen molar-refractivity contribution >= 4 is 17.2 Å². The minimum Gasteiger partial charge on any atom is -0.435 e. The summed E-state index contributed by atoms with van der Waals surface area (Å²) in [5.41, 5.74) is 9.34. The average Bonchev–Trinajstić information content (AvgIpc) is 2.48. The molecule has 2 rings (SSSR count). The largest absolute Gasteiger partial charge is 0.435 e. The first-order chi connectivity index (χ1) is 10.1. The monoisotopic (exact) mass is 302 g/mol. The van der Waals surface area contributed by atoms with Crippen molar-refractivity contribution in [1.82, 2.24) is 15.2 Å². The van der Waals surface area contributed by atoms with Crippen LogP contribution in [-0.2, 0) is 12.8 Å². The highest BCUT2D eigenvalue weighted by Gasteiger charge is 2.18. The van der Waals surface area contributed by atoms with Gasteiger partial charge < -0.3 is 10.5 Å². The zero-order valence-electron chi connectivity index (χ0n) is 12.4. The molecule has 0 saturated heterocycles. The lowest BCUT2D eigenvalue weighted by Crippen LogP contribution is -2.17. The lowest BCUT2D eigenvalue weighted by molar-refractivity contribution is 0.449. The number of nitrogens with two attached hydrogens (primary N) is 1. The van der Waals surface area contributed by atoms with E-state index in [9.17, 15) is 0 Å². The molecule has 0 atom stereocenters. The van der Waals surface area contributed by atoms with Gasteiger partial charge >= 0.3 is 0 Å². The molecule has 0 aromatic carbocycles. The quantitative estimate of drug-likeness (QED) is 0.856. The van der Waals surface area contributed by atoms with Crippen molar-refractivity contribution in [2.45, 2.75) is 33.6 Å². The molecule has 2 aromatic rings. The van der Waals surface area contributed by atoms with Gasteiger partial charge in [0.25, 0.3) is 0 Å². The van der Waals surface area contributed by atoms with Crippen molar-refractivity contribution in [1.29, 1.82) is 0 Å². The second-order valence-corrected chi connectivity index (χ2v) is 5.05. The van der Waals surface area contributed by atoms with E-state index in [1.54, 1.807) is 6.20 Å². The van der Waals surface area contributed by atoms with Crippen LogP contribution in [0.2, 0.25) is 0 Å². The van der Waals surface area contributed by atoms with Gasteiger partial charge in [0.2, 0.25) is 5.88 Å². The second kappa shape index (κ2) is 6.58. The number of ether oxygens (including phenoxy) is 1. The zero-order chi connectivity index (χ0) is 15.4. The van der Waals surface area contributed by atoms with E-state index in [0.29, 0.717) is 17.2 Å². The van der Waals surface area contributed by atoms with E-state index in [1.807, 2.05) is 32.9 Å². The Morgan fingerprint density at radius 3 is 2.52 bits per heavy atom. The Kier molecular flexibility index (Phi) is 4.80. The van der Waals surface area contributed by atoms with Crippen molar-refractivity contribution in [3.63, 3.8) is 0 Å². The van der Waals surface area contributed by atoms with Gasteiger partial charge in [-0.1, -0.05) is 26.1 Å². The summed E-state index contributed by atoms with van der Waals surface area (Å²) in [5.74, 6) is 0.918. The predicted molar refractivity (Wildman–Crippen MR) is 85.7 cm³/mol. The fourth-order valence-corrected chi connectivity index (χ4v) is 2.32. The second-order valence-electron chi connectivity index (χ2n) is 4.61. The summed E-state index contributed by atoms with van der Waals surface area (Å²) in [6, 6.07) is 3.69. The maximum atomic E-state index is 5.86. The van der Waals surface area contributed by atoms with E-state index in [0.717, 1.165) is 29.8 Å². The number of nitrogens with zero attached hydrogens (tertiary/aromatic N) is 3. The number of hydrogen-bond donors (Lipinski definition) is 1. The summed E-state index contributed by atoms with van der Waals surface area (Å²) in [7, 11) is 0. The van der Waals surface area contributed by atoms with Crippen molar-refractivity contribution in [3.05, 3.63) is 40.8 Å². The zero-order valence-corrected chi connectivity index (χ0v) is 13.2. The van der Waals surface area contributed by atoms with Gasteiger partial charge in [0, 0.05) is 5.69 Å². The minimum atomic E-state index is 0.270. The molecule has 5 nitrogen and oxygen atoms in total. The lowest BCUT2D eigenvalue weighted by Gasteiger charge is -2.14. The van der Waals surface area contributed by atoms with Crippen LogP contribution in [0, 0.1) is 6.92 Å². The molecule has 0 bridgehead atoms. The van der Waals surface area contributed by atoms with Crippen molar-refractivity contribution < 1.29 is 4.74 Å². The highest BCUT2D eigenvalue weighted by atomic mass is 32.1. The van der Waals surface area contributed by atoms with Crippen LogP contribution < -0.4 is 10.5 Å². The van der Waals surface area contributed by atoms with Crippen LogP contribution in [0.1, 0.15) is 36.4 Å². The van der Waals surface area contributed by atoms with Crippen molar-refractivity contribution in [2.75, 3.05) is 0 Å². The van der Waals surface area contributed by atoms with Gasteiger partial charge in [0.1, 0.15) is 10.7 Å². The van der Waals surface area contributed by atoms with Gasteiger partial charge in [-0.05, 0) is 37.5 Å². The Morgan fingerprint density at radius 1 is 1.24 bits per heavy atom. The van der Waals surface area contributed by atoms with E-state index in [-0.39, 0.29) is 4.99 Å². The van der Waals surface area contributed by atoms with Crippen LogP contribution in [0.5, 0.6) is 11.6 Å². The third-order valence-electron chi connectivity index (χ3n) is 3.16. The van der Waals surface area contributed by atoms with Gasteiger partial charge in [-0.15, -0.1) is 5.10 Å². The lowest BCUT2D eigenvalue weighted by atomic mass is 10.0. The molecule has 0 aliphatic rings. The molecule has 2 heterocycles. The number of aromatic nitrogens is 3. The van der Waals surface area contributed by atoms with E-state index < -0.39 is 0 Å². The third kappa shape index (κ3) is 3.33. The molecule has 21 heavy (non-hydrogen) atoms. The summed E-state index contributed by atoms with van der Waals surface area (Å²) in [4.78, 5) is 4.46. The number of hydrogen-bond acceptors (Lipinski definition) is 5. The van der Waals surface area contributed by atoms with Crippen LogP contribution in [0.3, 0.4) is 0 Å². The Hall–Kier alpha value is -2.08. The normalized spacial score (nSPS) is 10.4. The maximum absolute atomic E-state index is 5.86. The first kappa shape index (κ1) is 15.3. The fourth-order valence-electron chi connectivity index (χ4n) is 2.11. The van der Waals surface area contributed by atoms with E-state index in [1.165, 1.54) is 0 Å². The Morgan fingerprint density at radius 2 is 2.00 bits per heavy atom. The number of thiocarbonyl (C=S) groups is 1. The van der Waals surface area contributed by atoms with Crippen LogP contribution in [0.4, 0.5) is 0 Å². The highest BCUT2D eigenvalue weighted by molar-refractivity contribution is 7.80. The highest BCUT2D eigenvalue weighted by Crippen LogP contribution is 2.26. The van der Waals surface area contributed by atoms with Crippen LogP contribution in [0.15, 0.2) is 18.3 Å². The fraction of sp³-hybridized carbons (Fsp3) is 0.333. The molecule has 0 aliphatic carbocycles. The predicted octanol–water partition coefficient (Wildman–Crippen LogP) is 2.73. The van der Waals surface area contributed by atoms with Gasteiger partial charge in [-0.2, -0.15) is 5.10 Å². The summed E-state index contributed by atoms with van der Waals surface area (Å²) >= 11 is 5.16. The molecule has 2 aromatic heterocycles. The van der Waals surface area contributed by atoms with Crippen molar-refractivity contribution in [2.24, 2.45) is 5.73 Å². The SMILES string of the molecule is CCc1nnc(Oc2ccc(C)nc2)c(C(N)=S)c1CC. The van der Waals surface area contributed by atoms with Crippen LogP contribution in [-0.4, -0.2) is 20.2 Å². The minimum absolute atomic E-state index is 0.270. The van der Waals surface area contributed by atoms with E-state index in [4.69, 9.17) is 22.7 Å². The topological polar surface area (TPSA) is 73.9 Å². The average molecular weight is 302 g/mol. The number of aryl methyl sites for hydroxylation is 2. The Labute approximate surface area is 129 Å². The number of rotatable bonds is 5. The van der Waals surface area contributed by atoms with Gasteiger partial charge in [-0.3, -0.25) is 4.98 Å². The molecule has 110 valence electrons. The summed E-state index contributed by atoms with van der Waals surface area (Å²) < 4.78 is 5.76. The molecular weight excluding hydrogens is 284 g/mol. The molecule has 2 N–H and O–H groups in total. The van der Waals surface area contributed by atoms with E-state index >= 15 is 0 Å². The van der Waals surface area contributed by atoms with Crippen LogP contribution >= 0.6 is 12.2 Å². The molecule has 0 fully saturated rings. The van der Waals surface area contributed by atoms with E-state index in [2.05, 4.69) is 15.2 Å². The Balaban J connectivity index is 2.48. The molecule has 0 unspecified atom stereocenters. The van der Waals surface area contributed by atoms with Gasteiger partial charge in [-0.25, -0.2) is 0 Å². The molecule has 0 amide bonds. The molecule has 0 spiro atoms. The molecular formula is C15H18N4OS. The maximum Gasteiger partial charge on any atom is 0.249 e. The first-order valence-electron chi connectivity index (χ1n) is 6.85. The standard InChI is InChI=1S/C15H18N4OS/c1-4-11-12(5-2)18-19-15(13(11)14(16)21)20-10-7-6-9(3)17-8-10/h6-8H,4-5H2,1-3H3,(H2,16,21). The van der Waals surface area contributed by atoms with Crippen molar-refractivity contribution in [3.8, 4) is 11.6 Å². The van der Waals surface area contributed by atoms with Gasteiger partial charge in [0.15, 0.2) is 0 Å². The summed E-state index contributed by atoms with van der Waals surface area (Å²) in [6.07, 6.45) is 3.19. The third-order valence-corrected chi connectivity index (χ3v) is 3.36. The summed E-state index contributed by atoms with van der Waals surface area (Å²) in [6.45, 7) is 5.97. The number of pyridine rings is 1. The summed E-state index contributed by atoms with van der Waals surface area (Å²) in [5, 5.41) is 8.34. The molecule has 6 heteroatoms. The van der Waals surface area contributed by atoms with Gasteiger partial charge in [0.05, 0.1) is 17.5 Å². The molecule has 0 saturated carbocycles. The molecule has 0 radical (unpaired) electrons. The Bertz CT molecular complexity index is 655.